The molecule has 0 unspecified atom stereocenters. The van der Waals surface area contributed by atoms with E-state index in [-0.39, 0.29) is 5.91 Å². The van der Waals surface area contributed by atoms with Crippen LogP contribution in [0.15, 0.2) is 6.07 Å². The van der Waals surface area contributed by atoms with Crippen molar-refractivity contribution >= 4 is 11.6 Å². The number of hydrogen-bond acceptors (Lipinski definition) is 4. The van der Waals surface area contributed by atoms with Crippen LogP contribution in [0.25, 0.3) is 0 Å². The first kappa shape index (κ1) is 12.4. The summed E-state index contributed by atoms with van der Waals surface area (Å²) in [4.78, 5) is 17.8. The highest BCUT2D eigenvalue weighted by molar-refractivity contribution is 5.82. The van der Waals surface area contributed by atoms with E-state index in [1.54, 1.807) is 0 Å². The van der Waals surface area contributed by atoms with Crippen LogP contribution in [0.2, 0.25) is 0 Å². The second kappa shape index (κ2) is 5.05. The van der Waals surface area contributed by atoms with Crippen molar-refractivity contribution in [1.29, 1.82) is 5.26 Å². The number of pyridine rings is 1. The quantitative estimate of drug-likeness (QED) is 0.796. The summed E-state index contributed by atoms with van der Waals surface area (Å²) in [5.74, 6) is 0.00325. The van der Waals surface area contributed by atoms with E-state index in [0.717, 1.165) is 30.0 Å². The summed E-state index contributed by atoms with van der Waals surface area (Å²) in [6.45, 7) is 5.50. The van der Waals surface area contributed by atoms with Crippen molar-refractivity contribution < 1.29 is 4.79 Å². The average Bonchev–Trinajstić information content (AvgIpc) is 2.53. The third-order valence-corrected chi connectivity index (χ3v) is 3.02. The minimum atomic E-state index is 0.00325. The molecule has 2 heterocycles. The molecule has 94 valence electrons. The first-order valence-corrected chi connectivity index (χ1v) is 6.02. The van der Waals surface area contributed by atoms with Gasteiger partial charge in [0, 0.05) is 18.8 Å². The van der Waals surface area contributed by atoms with Crippen LogP contribution in [0.1, 0.15) is 23.4 Å². The maximum atomic E-state index is 11.6. The van der Waals surface area contributed by atoms with E-state index in [2.05, 4.69) is 16.4 Å². The first-order valence-electron chi connectivity index (χ1n) is 6.02. The molecule has 1 aromatic heterocycles. The third-order valence-electron chi connectivity index (χ3n) is 3.02. The lowest BCUT2D eigenvalue weighted by Gasteiger charge is -2.23. The van der Waals surface area contributed by atoms with Gasteiger partial charge in [0.2, 0.25) is 5.91 Å². The van der Waals surface area contributed by atoms with Gasteiger partial charge in [0.1, 0.15) is 6.07 Å². The second-order valence-electron chi connectivity index (χ2n) is 4.48. The number of anilines is 1. The summed E-state index contributed by atoms with van der Waals surface area (Å²) in [6, 6.07) is 4.07. The molecule has 1 amide bonds. The Balaban J connectivity index is 2.43. The number of nitrogens with one attached hydrogen (secondary N) is 1. The summed E-state index contributed by atoms with van der Waals surface area (Å²) in [6.07, 6.45) is 0.886. The van der Waals surface area contributed by atoms with Crippen molar-refractivity contribution in [2.45, 2.75) is 20.3 Å². The van der Waals surface area contributed by atoms with Crippen LogP contribution in [0.3, 0.4) is 0 Å². The smallest absolute Gasteiger partial charge is 0.239 e. The van der Waals surface area contributed by atoms with E-state index >= 15 is 0 Å². The lowest BCUT2D eigenvalue weighted by molar-refractivity contribution is -0.119. The number of aryl methyl sites for hydroxylation is 2. The summed E-state index contributed by atoms with van der Waals surface area (Å²) < 4.78 is 0. The van der Waals surface area contributed by atoms with E-state index < -0.39 is 0 Å². The Bertz CT molecular complexity index is 518. The van der Waals surface area contributed by atoms with Gasteiger partial charge in [-0.25, -0.2) is 0 Å². The largest absolute Gasteiger partial charge is 0.361 e. The van der Waals surface area contributed by atoms with Crippen LogP contribution < -0.4 is 10.2 Å². The van der Waals surface area contributed by atoms with Crippen LogP contribution in [0.4, 0.5) is 5.69 Å². The molecule has 0 aromatic carbocycles. The molecule has 1 aliphatic rings. The normalized spacial score (nSPS) is 15.8. The molecule has 5 nitrogen and oxygen atoms in total. The van der Waals surface area contributed by atoms with Crippen molar-refractivity contribution in [1.82, 2.24) is 10.3 Å². The van der Waals surface area contributed by atoms with Crippen molar-refractivity contribution in [3.05, 3.63) is 23.0 Å². The lowest BCUT2D eigenvalue weighted by Crippen LogP contribution is -2.33. The third kappa shape index (κ3) is 2.43. The zero-order chi connectivity index (χ0) is 13.1. The van der Waals surface area contributed by atoms with E-state index in [1.165, 1.54) is 0 Å². The van der Waals surface area contributed by atoms with Gasteiger partial charge in [-0.15, -0.1) is 0 Å². The van der Waals surface area contributed by atoms with Gasteiger partial charge in [0.25, 0.3) is 0 Å². The molecule has 1 aromatic rings. The fourth-order valence-corrected chi connectivity index (χ4v) is 2.21. The van der Waals surface area contributed by atoms with E-state index in [4.69, 9.17) is 0 Å². The van der Waals surface area contributed by atoms with Crippen molar-refractivity contribution in [2.24, 2.45) is 0 Å². The zero-order valence-electron chi connectivity index (χ0n) is 10.7. The highest BCUT2D eigenvalue weighted by Crippen LogP contribution is 2.23. The Morgan fingerprint density at radius 2 is 2.28 bits per heavy atom. The van der Waals surface area contributed by atoms with E-state index in [9.17, 15) is 10.1 Å². The molecule has 0 bridgehead atoms. The van der Waals surface area contributed by atoms with Crippen LogP contribution in [-0.2, 0) is 4.79 Å². The van der Waals surface area contributed by atoms with Gasteiger partial charge in [0.15, 0.2) is 0 Å². The monoisotopic (exact) mass is 244 g/mol. The summed E-state index contributed by atoms with van der Waals surface area (Å²) in [7, 11) is 0. The summed E-state index contributed by atoms with van der Waals surface area (Å²) in [5, 5.41) is 12.1. The average molecular weight is 244 g/mol. The van der Waals surface area contributed by atoms with Crippen molar-refractivity contribution in [2.75, 3.05) is 24.5 Å². The van der Waals surface area contributed by atoms with Gasteiger partial charge in [-0.05, 0) is 26.3 Å². The van der Waals surface area contributed by atoms with E-state index in [1.807, 2.05) is 24.8 Å². The molecule has 1 N–H and O–H groups in total. The second-order valence-corrected chi connectivity index (χ2v) is 4.48. The minimum Gasteiger partial charge on any atom is -0.361 e. The fraction of sp³-hybridized carbons (Fsp3) is 0.462. The zero-order valence-corrected chi connectivity index (χ0v) is 10.7. The molecule has 18 heavy (non-hydrogen) atoms. The molecule has 0 aliphatic carbocycles. The SMILES string of the molecule is Cc1cc(N2CCCNC(=O)C2)c(C#N)c(C)n1. The standard InChI is InChI=1S/C13H16N4O/c1-9-6-12(11(7-14)10(2)16-9)17-5-3-4-15-13(18)8-17/h6H,3-5,8H2,1-2H3,(H,15,18). The first-order chi connectivity index (χ1) is 8.61. The number of nitriles is 1. The fourth-order valence-electron chi connectivity index (χ4n) is 2.21. The summed E-state index contributed by atoms with van der Waals surface area (Å²) in [5.41, 5.74) is 2.97. The molecule has 1 fully saturated rings. The predicted octanol–water partition coefficient (Wildman–Crippen LogP) is 0.896. The number of aromatic nitrogens is 1. The molecule has 0 radical (unpaired) electrons. The predicted molar refractivity (Wildman–Crippen MR) is 68.3 cm³/mol. The molecule has 1 aliphatic heterocycles. The highest BCUT2D eigenvalue weighted by Gasteiger charge is 2.19. The topological polar surface area (TPSA) is 69.0 Å². The van der Waals surface area contributed by atoms with E-state index in [0.29, 0.717) is 18.7 Å². The van der Waals surface area contributed by atoms with Gasteiger partial charge in [-0.2, -0.15) is 5.26 Å². The Morgan fingerprint density at radius 1 is 1.50 bits per heavy atom. The molecule has 0 saturated carbocycles. The molecule has 5 heteroatoms. The van der Waals surface area contributed by atoms with Gasteiger partial charge >= 0.3 is 0 Å². The van der Waals surface area contributed by atoms with Crippen LogP contribution in [-0.4, -0.2) is 30.5 Å². The maximum Gasteiger partial charge on any atom is 0.239 e. The number of amides is 1. The van der Waals surface area contributed by atoms with Crippen molar-refractivity contribution in [3.63, 3.8) is 0 Å². The molecule has 2 rings (SSSR count). The number of carbonyl (C=O) groups excluding carboxylic acids is 1. The molecular formula is C13H16N4O. The number of nitrogens with zero attached hydrogens (tertiary/aromatic N) is 3. The lowest BCUT2D eigenvalue weighted by atomic mass is 10.1. The van der Waals surface area contributed by atoms with Crippen LogP contribution >= 0.6 is 0 Å². The van der Waals surface area contributed by atoms with Gasteiger partial charge in [-0.3, -0.25) is 9.78 Å². The van der Waals surface area contributed by atoms with Gasteiger partial charge in [0.05, 0.1) is 23.5 Å². The Kier molecular flexibility index (Phi) is 3.47. The van der Waals surface area contributed by atoms with Crippen molar-refractivity contribution in [3.8, 4) is 6.07 Å². The number of hydrogen-bond donors (Lipinski definition) is 1. The molecular weight excluding hydrogens is 228 g/mol. The number of rotatable bonds is 1. The Labute approximate surface area is 106 Å². The summed E-state index contributed by atoms with van der Waals surface area (Å²) >= 11 is 0. The Hall–Kier alpha value is -2.09. The van der Waals surface area contributed by atoms with Crippen LogP contribution in [0.5, 0.6) is 0 Å². The van der Waals surface area contributed by atoms with Gasteiger partial charge in [-0.1, -0.05) is 0 Å². The molecule has 0 spiro atoms. The van der Waals surface area contributed by atoms with Crippen LogP contribution in [0, 0.1) is 25.2 Å². The Morgan fingerprint density at radius 3 is 3.00 bits per heavy atom. The van der Waals surface area contributed by atoms with Gasteiger partial charge < -0.3 is 10.2 Å². The molecule has 1 saturated heterocycles. The highest BCUT2D eigenvalue weighted by atomic mass is 16.2. The minimum absolute atomic E-state index is 0.00325. The molecule has 0 atom stereocenters. The maximum absolute atomic E-state index is 11.6. The number of carbonyl (C=O) groups is 1.